The fourth-order valence-electron chi connectivity index (χ4n) is 2.19. The Bertz CT molecular complexity index is 579. The van der Waals surface area contributed by atoms with Gasteiger partial charge in [0, 0.05) is 45.0 Å². The van der Waals surface area contributed by atoms with Crippen molar-refractivity contribution in [3.63, 3.8) is 0 Å². The molecule has 0 radical (unpaired) electrons. The van der Waals surface area contributed by atoms with Gasteiger partial charge in [0.25, 0.3) is 5.91 Å². The summed E-state index contributed by atoms with van der Waals surface area (Å²) < 4.78 is 18.8. The van der Waals surface area contributed by atoms with Crippen LogP contribution in [0.3, 0.4) is 0 Å². The van der Waals surface area contributed by atoms with Crippen molar-refractivity contribution < 1.29 is 13.9 Å². The third-order valence-electron chi connectivity index (χ3n) is 3.65. The van der Waals surface area contributed by atoms with Crippen molar-refractivity contribution in [3.8, 4) is 0 Å². The average Bonchev–Trinajstić information content (AvgIpc) is 2.63. The number of carbonyl (C=O) groups is 1. The van der Waals surface area contributed by atoms with Gasteiger partial charge in [-0.3, -0.25) is 9.79 Å². The summed E-state index contributed by atoms with van der Waals surface area (Å²) in [5.41, 5.74) is 0.846. The molecule has 0 bridgehead atoms. The Kier molecular flexibility index (Phi) is 11.0. The van der Waals surface area contributed by atoms with Crippen LogP contribution in [0.1, 0.15) is 42.6 Å². The SMILES string of the molecule is CCNC(=NCCCCOCC)NCCNC(=O)c1ccc(C)c(F)c1. The minimum Gasteiger partial charge on any atom is -0.382 e. The first-order valence-corrected chi connectivity index (χ1v) is 9.22. The van der Waals surface area contributed by atoms with E-state index in [4.69, 9.17) is 4.74 Å². The molecular weight excluding hydrogens is 335 g/mol. The summed E-state index contributed by atoms with van der Waals surface area (Å²) in [5, 5.41) is 9.10. The fraction of sp³-hybridized carbons (Fsp3) is 0.579. The van der Waals surface area contributed by atoms with Crippen molar-refractivity contribution in [2.75, 3.05) is 39.4 Å². The van der Waals surface area contributed by atoms with Crippen LogP contribution in [0, 0.1) is 12.7 Å². The molecular formula is C19H31FN4O2. The van der Waals surface area contributed by atoms with Gasteiger partial charge in [-0.25, -0.2) is 4.39 Å². The molecule has 0 unspecified atom stereocenters. The van der Waals surface area contributed by atoms with Crippen molar-refractivity contribution in [2.24, 2.45) is 4.99 Å². The zero-order valence-corrected chi connectivity index (χ0v) is 16.0. The zero-order chi connectivity index (χ0) is 19.2. The van der Waals surface area contributed by atoms with Crippen molar-refractivity contribution in [1.29, 1.82) is 0 Å². The van der Waals surface area contributed by atoms with Crippen LogP contribution >= 0.6 is 0 Å². The second-order valence-corrected chi connectivity index (χ2v) is 5.81. The molecule has 1 aromatic rings. The molecule has 6 nitrogen and oxygen atoms in total. The number of benzene rings is 1. The maximum absolute atomic E-state index is 13.5. The lowest BCUT2D eigenvalue weighted by Crippen LogP contribution is -2.41. The minimum atomic E-state index is -0.373. The lowest BCUT2D eigenvalue weighted by atomic mass is 10.1. The van der Waals surface area contributed by atoms with E-state index in [1.807, 2.05) is 13.8 Å². The number of carbonyl (C=O) groups excluding carboxylic acids is 1. The van der Waals surface area contributed by atoms with E-state index in [0.29, 0.717) is 24.2 Å². The number of rotatable bonds is 11. The predicted molar refractivity (Wildman–Crippen MR) is 103 cm³/mol. The molecule has 0 heterocycles. The topological polar surface area (TPSA) is 74.8 Å². The average molecular weight is 366 g/mol. The van der Waals surface area contributed by atoms with Gasteiger partial charge in [-0.2, -0.15) is 0 Å². The second-order valence-electron chi connectivity index (χ2n) is 5.81. The van der Waals surface area contributed by atoms with E-state index < -0.39 is 0 Å². The summed E-state index contributed by atoms with van der Waals surface area (Å²) in [7, 11) is 0. The number of aryl methyl sites for hydroxylation is 1. The van der Waals surface area contributed by atoms with E-state index in [9.17, 15) is 9.18 Å². The van der Waals surface area contributed by atoms with Crippen LogP contribution in [0.15, 0.2) is 23.2 Å². The monoisotopic (exact) mass is 366 g/mol. The molecule has 0 saturated heterocycles. The molecule has 0 atom stereocenters. The summed E-state index contributed by atoms with van der Waals surface area (Å²) >= 11 is 0. The lowest BCUT2D eigenvalue weighted by Gasteiger charge is -2.12. The van der Waals surface area contributed by atoms with E-state index in [0.717, 1.165) is 45.1 Å². The van der Waals surface area contributed by atoms with E-state index >= 15 is 0 Å². The molecule has 0 aliphatic carbocycles. The van der Waals surface area contributed by atoms with E-state index in [1.54, 1.807) is 19.1 Å². The molecule has 1 aromatic carbocycles. The maximum Gasteiger partial charge on any atom is 0.251 e. The minimum absolute atomic E-state index is 0.288. The highest BCUT2D eigenvalue weighted by molar-refractivity contribution is 5.94. The molecule has 1 amide bonds. The third kappa shape index (κ3) is 8.80. The number of halogens is 1. The first kappa shape index (κ1) is 21.9. The third-order valence-corrected chi connectivity index (χ3v) is 3.65. The molecule has 0 fully saturated rings. The Morgan fingerprint density at radius 2 is 1.92 bits per heavy atom. The number of nitrogens with zero attached hydrogens (tertiary/aromatic N) is 1. The predicted octanol–water partition coefficient (Wildman–Crippen LogP) is 2.24. The largest absolute Gasteiger partial charge is 0.382 e. The van der Waals surface area contributed by atoms with Gasteiger partial charge in [0.1, 0.15) is 5.82 Å². The van der Waals surface area contributed by atoms with E-state index in [1.165, 1.54) is 6.07 Å². The highest BCUT2D eigenvalue weighted by Crippen LogP contribution is 2.08. The maximum atomic E-state index is 13.5. The second kappa shape index (κ2) is 13.1. The highest BCUT2D eigenvalue weighted by atomic mass is 19.1. The smallest absolute Gasteiger partial charge is 0.251 e. The Morgan fingerprint density at radius 1 is 1.15 bits per heavy atom. The quantitative estimate of drug-likeness (QED) is 0.319. The summed E-state index contributed by atoms with van der Waals surface area (Å²) in [4.78, 5) is 16.5. The van der Waals surface area contributed by atoms with Gasteiger partial charge >= 0.3 is 0 Å². The Hall–Kier alpha value is -2.15. The molecule has 26 heavy (non-hydrogen) atoms. The number of unbranched alkanes of at least 4 members (excludes halogenated alkanes) is 1. The summed E-state index contributed by atoms with van der Waals surface area (Å²) in [6, 6.07) is 4.48. The van der Waals surface area contributed by atoms with Crippen LogP contribution in [-0.4, -0.2) is 51.3 Å². The number of hydrogen-bond acceptors (Lipinski definition) is 3. The lowest BCUT2D eigenvalue weighted by molar-refractivity contribution is 0.0954. The van der Waals surface area contributed by atoms with Gasteiger partial charge in [0.05, 0.1) is 0 Å². The zero-order valence-electron chi connectivity index (χ0n) is 16.0. The van der Waals surface area contributed by atoms with E-state index in [2.05, 4.69) is 20.9 Å². The Labute approximate surface area is 155 Å². The molecule has 1 rings (SSSR count). The number of amides is 1. The van der Waals surface area contributed by atoms with Crippen molar-refractivity contribution >= 4 is 11.9 Å². The number of nitrogens with one attached hydrogen (secondary N) is 3. The Balaban J connectivity index is 2.30. The number of aliphatic imine (C=N–C) groups is 1. The molecule has 0 aromatic heterocycles. The van der Waals surface area contributed by atoms with Gasteiger partial charge in [-0.1, -0.05) is 6.07 Å². The van der Waals surface area contributed by atoms with Crippen LogP contribution in [-0.2, 0) is 4.74 Å². The van der Waals surface area contributed by atoms with Crippen LogP contribution < -0.4 is 16.0 Å². The molecule has 0 aliphatic rings. The molecule has 0 aliphatic heterocycles. The number of hydrogen-bond donors (Lipinski definition) is 3. The molecule has 0 spiro atoms. The highest BCUT2D eigenvalue weighted by Gasteiger charge is 2.07. The summed E-state index contributed by atoms with van der Waals surface area (Å²) in [6.07, 6.45) is 1.95. The van der Waals surface area contributed by atoms with Crippen LogP contribution in [0.4, 0.5) is 4.39 Å². The first-order chi connectivity index (χ1) is 12.6. The van der Waals surface area contributed by atoms with Crippen molar-refractivity contribution in [2.45, 2.75) is 33.6 Å². The van der Waals surface area contributed by atoms with Crippen molar-refractivity contribution in [1.82, 2.24) is 16.0 Å². The van der Waals surface area contributed by atoms with Gasteiger partial charge in [-0.05, 0) is 51.3 Å². The van der Waals surface area contributed by atoms with Crippen LogP contribution in [0.25, 0.3) is 0 Å². The fourth-order valence-corrected chi connectivity index (χ4v) is 2.19. The molecule has 0 saturated carbocycles. The number of ether oxygens (including phenoxy) is 1. The summed E-state index contributed by atoms with van der Waals surface area (Å²) in [5.74, 6) is 0.0600. The van der Waals surface area contributed by atoms with Crippen LogP contribution in [0.5, 0.6) is 0 Å². The van der Waals surface area contributed by atoms with E-state index in [-0.39, 0.29) is 11.7 Å². The first-order valence-electron chi connectivity index (χ1n) is 9.22. The van der Waals surface area contributed by atoms with Gasteiger partial charge in [-0.15, -0.1) is 0 Å². The standard InChI is InChI=1S/C19H31FN4O2/c1-4-21-19(23-10-6-7-13-26-5-2)24-12-11-22-18(25)16-9-8-15(3)17(20)14-16/h8-9,14H,4-7,10-13H2,1-3H3,(H,22,25)(H2,21,23,24). The molecule has 7 heteroatoms. The summed E-state index contributed by atoms with van der Waals surface area (Å²) in [6.45, 7) is 9.60. The van der Waals surface area contributed by atoms with Crippen molar-refractivity contribution in [3.05, 3.63) is 35.1 Å². The number of guanidine groups is 1. The normalized spacial score (nSPS) is 11.3. The Morgan fingerprint density at radius 3 is 2.62 bits per heavy atom. The van der Waals surface area contributed by atoms with Gasteiger partial charge < -0.3 is 20.7 Å². The van der Waals surface area contributed by atoms with Gasteiger partial charge in [0.15, 0.2) is 5.96 Å². The molecule has 146 valence electrons. The van der Waals surface area contributed by atoms with Crippen LogP contribution in [0.2, 0.25) is 0 Å². The van der Waals surface area contributed by atoms with Gasteiger partial charge in [0.2, 0.25) is 0 Å². The molecule has 3 N–H and O–H groups in total.